The predicted octanol–water partition coefficient (Wildman–Crippen LogP) is 0.740. The summed E-state index contributed by atoms with van der Waals surface area (Å²) < 4.78 is 0.753. The molecule has 2 N–H and O–H groups in total. The standard InChI is InChI=1S/C10H16BrN5/c1-15-3-4-16(2)8(6-15)10-13-5-7(11)9(12)14-10/h5,8H,3-4,6H2,1-2H3,(H2,12,13,14). The number of hydrogen-bond donors (Lipinski definition) is 1. The average molecular weight is 286 g/mol. The Bertz CT molecular complexity index is 383. The number of halogens is 1. The Morgan fingerprint density at radius 2 is 2.19 bits per heavy atom. The Labute approximate surface area is 104 Å². The molecule has 0 spiro atoms. The summed E-state index contributed by atoms with van der Waals surface area (Å²) in [5.41, 5.74) is 5.78. The van der Waals surface area contributed by atoms with Crippen molar-refractivity contribution in [3.63, 3.8) is 0 Å². The van der Waals surface area contributed by atoms with E-state index in [4.69, 9.17) is 5.73 Å². The van der Waals surface area contributed by atoms with Crippen molar-refractivity contribution >= 4 is 21.7 Å². The van der Waals surface area contributed by atoms with E-state index in [-0.39, 0.29) is 6.04 Å². The molecule has 0 amide bonds. The second-order valence-electron chi connectivity index (χ2n) is 4.22. The summed E-state index contributed by atoms with van der Waals surface area (Å²) in [6, 6.07) is 0.231. The van der Waals surface area contributed by atoms with Gasteiger partial charge in [0.25, 0.3) is 0 Å². The van der Waals surface area contributed by atoms with Gasteiger partial charge in [-0.2, -0.15) is 0 Å². The monoisotopic (exact) mass is 285 g/mol. The van der Waals surface area contributed by atoms with Gasteiger partial charge in [-0.1, -0.05) is 0 Å². The molecule has 1 aromatic heterocycles. The highest BCUT2D eigenvalue weighted by atomic mass is 79.9. The largest absolute Gasteiger partial charge is 0.383 e. The summed E-state index contributed by atoms with van der Waals surface area (Å²) in [5.74, 6) is 1.31. The molecule has 5 nitrogen and oxygen atoms in total. The maximum atomic E-state index is 5.78. The first-order valence-corrected chi connectivity index (χ1v) is 6.04. The molecule has 2 heterocycles. The average Bonchev–Trinajstić information content (AvgIpc) is 2.26. The molecule has 0 radical (unpaired) electrons. The Kier molecular flexibility index (Phi) is 3.41. The van der Waals surface area contributed by atoms with Crippen LogP contribution in [0.25, 0.3) is 0 Å². The molecule has 1 atom stereocenters. The summed E-state index contributed by atoms with van der Waals surface area (Å²) in [5, 5.41) is 0. The molecule has 0 aromatic carbocycles. The lowest BCUT2D eigenvalue weighted by molar-refractivity contribution is 0.109. The second kappa shape index (κ2) is 4.65. The molecule has 1 aromatic rings. The van der Waals surface area contributed by atoms with Crippen molar-refractivity contribution in [2.75, 3.05) is 39.5 Å². The van der Waals surface area contributed by atoms with Crippen molar-refractivity contribution in [1.82, 2.24) is 19.8 Å². The van der Waals surface area contributed by atoms with Crippen LogP contribution in [0.3, 0.4) is 0 Å². The minimum atomic E-state index is 0.231. The molecule has 2 rings (SSSR count). The first kappa shape index (κ1) is 11.8. The zero-order valence-electron chi connectivity index (χ0n) is 9.52. The normalized spacial score (nSPS) is 23.6. The molecule has 1 fully saturated rings. The van der Waals surface area contributed by atoms with Gasteiger partial charge < -0.3 is 10.6 Å². The minimum Gasteiger partial charge on any atom is -0.383 e. The van der Waals surface area contributed by atoms with Crippen LogP contribution < -0.4 is 5.73 Å². The molecular formula is C10H16BrN5. The van der Waals surface area contributed by atoms with E-state index in [0.29, 0.717) is 5.82 Å². The third-order valence-corrected chi connectivity index (χ3v) is 3.55. The summed E-state index contributed by atoms with van der Waals surface area (Å²) in [7, 11) is 4.21. The predicted molar refractivity (Wildman–Crippen MR) is 67.0 cm³/mol. The van der Waals surface area contributed by atoms with E-state index in [1.165, 1.54) is 0 Å². The second-order valence-corrected chi connectivity index (χ2v) is 5.07. The van der Waals surface area contributed by atoms with Gasteiger partial charge in [-0.05, 0) is 30.0 Å². The van der Waals surface area contributed by atoms with E-state index >= 15 is 0 Å². The van der Waals surface area contributed by atoms with E-state index in [1.807, 2.05) is 0 Å². The van der Waals surface area contributed by atoms with Crippen LogP contribution >= 0.6 is 15.9 Å². The molecule has 0 bridgehead atoms. The van der Waals surface area contributed by atoms with Crippen LogP contribution in [0, 0.1) is 0 Å². The van der Waals surface area contributed by atoms with E-state index < -0.39 is 0 Å². The molecule has 88 valence electrons. The van der Waals surface area contributed by atoms with Crippen LogP contribution in [-0.2, 0) is 0 Å². The summed E-state index contributed by atoms with van der Waals surface area (Å²) >= 11 is 3.31. The zero-order valence-corrected chi connectivity index (χ0v) is 11.1. The fraction of sp³-hybridized carbons (Fsp3) is 0.600. The first-order valence-electron chi connectivity index (χ1n) is 5.24. The number of anilines is 1. The topological polar surface area (TPSA) is 58.3 Å². The van der Waals surface area contributed by atoms with Gasteiger partial charge in [0.1, 0.15) is 11.6 Å². The fourth-order valence-corrected chi connectivity index (χ4v) is 2.04. The number of piperazine rings is 1. The Balaban J connectivity index is 2.24. The van der Waals surface area contributed by atoms with Crippen molar-refractivity contribution in [2.24, 2.45) is 0 Å². The molecule has 1 aliphatic heterocycles. The Hall–Kier alpha value is -0.720. The van der Waals surface area contributed by atoms with E-state index in [1.54, 1.807) is 6.20 Å². The molecule has 1 aliphatic rings. The van der Waals surface area contributed by atoms with Gasteiger partial charge in [0.05, 0.1) is 10.5 Å². The van der Waals surface area contributed by atoms with Gasteiger partial charge in [-0.25, -0.2) is 9.97 Å². The highest BCUT2D eigenvalue weighted by Gasteiger charge is 2.26. The van der Waals surface area contributed by atoms with Gasteiger partial charge >= 0.3 is 0 Å². The van der Waals surface area contributed by atoms with Gasteiger partial charge in [0.15, 0.2) is 0 Å². The van der Waals surface area contributed by atoms with Crippen LogP contribution in [0.2, 0.25) is 0 Å². The molecular weight excluding hydrogens is 270 g/mol. The SMILES string of the molecule is CN1CCN(C)C(c2ncc(Br)c(N)n2)C1. The van der Waals surface area contributed by atoms with Crippen LogP contribution in [0.5, 0.6) is 0 Å². The van der Waals surface area contributed by atoms with E-state index in [2.05, 4.69) is 49.8 Å². The molecule has 0 saturated carbocycles. The maximum Gasteiger partial charge on any atom is 0.149 e. The van der Waals surface area contributed by atoms with E-state index in [9.17, 15) is 0 Å². The summed E-state index contributed by atoms with van der Waals surface area (Å²) in [6.45, 7) is 3.05. The third-order valence-electron chi connectivity index (χ3n) is 2.94. The van der Waals surface area contributed by atoms with Crippen molar-refractivity contribution in [3.8, 4) is 0 Å². The van der Waals surface area contributed by atoms with Gasteiger partial charge in [0, 0.05) is 25.8 Å². The number of hydrogen-bond acceptors (Lipinski definition) is 5. The quantitative estimate of drug-likeness (QED) is 0.825. The Morgan fingerprint density at radius 1 is 1.44 bits per heavy atom. The maximum absolute atomic E-state index is 5.78. The number of likely N-dealkylation sites (N-methyl/N-ethyl adjacent to an activating group) is 2. The highest BCUT2D eigenvalue weighted by molar-refractivity contribution is 9.10. The smallest absolute Gasteiger partial charge is 0.149 e. The van der Waals surface area contributed by atoms with Crippen molar-refractivity contribution in [1.29, 1.82) is 0 Å². The number of rotatable bonds is 1. The molecule has 6 heteroatoms. The van der Waals surface area contributed by atoms with E-state index in [0.717, 1.165) is 29.9 Å². The molecule has 1 saturated heterocycles. The highest BCUT2D eigenvalue weighted by Crippen LogP contribution is 2.23. The van der Waals surface area contributed by atoms with Gasteiger partial charge in [-0.15, -0.1) is 0 Å². The van der Waals surface area contributed by atoms with Crippen LogP contribution in [0.4, 0.5) is 5.82 Å². The number of nitrogens with two attached hydrogens (primary N) is 1. The minimum absolute atomic E-state index is 0.231. The number of aromatic nitrogens is 2. The lowest BCUT2D eigenvalue weighted by Gasteiger charge is -2.36. The van der Waals surface area contributed by atoms with Crippen molar-refractivity contribution in [3.05, 3.63) is 16.5 Å². The Morgan fingerprint density at radius 3 is 2.88 bits per heavy atom. The molecule has 16 heavy (non-hydrogen) atoms. The molecule has 1 unspecified atom stereocenters. The lowest BCUT2D eigenvalue weighted by atomic mass is 10.1. The van der Waals surface area contributed by atoms with Crippen molar-refractivity contribution in [2.45, 2.75) is 6.04 Å². The van der Waals surface area contributed by atoms with Crippen LogP contribution in [0.15, 0.2) is 10.7 Å². The number of nitrogens with zero attached hydrogens (tertiary/aromatic N) is 4. The number of nitrogen functional groups attached to an aromatic ring is 1. The van der Waals surface area contributed by atoms with Gasteiger partial charge in [-0.3, -0.25) is 4.90 Å². The van der Waals surface area contributed by atoms with Gasteiger partial charge in [0.2, 0.25) is 0 Å². The van der Waals surface area contributed by atoms with Crippen LogP contribution in [0.1, 0.15) is 11.9 Å². The molecule has 0 aliphatic carbocycles. The lowest BCUT2D eigenvalue weighted by Crippen LogP contribution is -2.45. The fourth-order valence-electron chi connectivity index (χ4n) is 1.84. The zero-order chi connectivity index (χ0) is 11.7. The first-order chi connectivity index (χ1) is 7.58. The third kappa shape index (κ3) is 2.34. The summed E-state index contributed by atoms with van der Waals surface area (Å²) in [6.07, 6.45) is 1.72. The van der Waals surface area contributed by atoms with Crippen LogP contribution in [-0.4, -0.2) is 53.5 Å². The summed E-state index contributed by atoms with van der Waals surface area (Å²) in [4.78, 5) is 13.2. The van der Waals surface area contributed by atoms with Crippen molar-refractivity contribution < 1.29 is 0 Å².